The van der Waals surface area contributed by atoms with Gasteiger partial charge in [-0.2, -0.15) is 11.8 Å². The topological polar surface area (TPSA) is 20.3 Å². The van der Waals surface area contributed by atoms with Gasteiger partial charge in [-0.3, -0.25) is 9.69 Å². The molecule has 0 N–H and O–H groups in total. The second-order valence-corrected chi connectivity index (χ2v) is 6.45. The maximum atomic E-state index is 12.2. The van der Waals surface area contributed by atoms with Gasteiger partial charge in [0.05, 0.1) is 10.9 Å². The number of carbonyl (C=O) groups is 1. The van der Waals surface area contributed by atoms with E-state index in [1.54, 1.807) is 0 Å². The molecule has 0 spiro atoms. The van der Waals surface area contributed by atoms with Crippen LogP contribution >= 0.6 is 39.0 Å². The summed E-state index contributed by atoms with van der Waals surface area (Å²) in [6.07, 6.45) is 0. The third-order valence-corrected chi connectivity index (χ3v) is 5.41. The van der Waals surface area contributed by atoms with Crippen molar-refractivity contribution in [3.05, 3.63) is 20.8 Å². The van der Waals surface area contributed by atoms with E-state index in [1.165, 1.54) is 11.3 Å². The van der Waals surface area contributed by atoms with Crippen LogP contribution in [0.15, 0.2) is 15.9 Å². The van der Waals surface area contributed by atoms with Crippen molar-refractivity contribution >= 4 is 44.8 Å². The number of thioether (sulfide) groups is 1. The molecule has 0 saturated carbocycles. The van der Waals surface area contributed by atoms with E-state index in [1.807, 2.05) is 30.3 Å². The lowest BCUT2D eigenvalue weighted by atomic mass is 10.1. The highest BCUT2D eigenvalue weighted by Gasteiger charge is 2.28. The largest absolute Gasteiger partial charge is 0.295 e. The fourth-order valence-corrected chi connectivity index (χ4v) is 4.35. The molecular weight excluding hydrogens is 294 g/mol. The van der Waals surface area contributed by atoms with Gasteiger partial charge in [-0.05, 0) is 34.4 Å². The molecule has 0 aliphatic carbocycles. The average Bonchev–Trinajstić information content (AvgIpc) is 2.64. The van der Waals surface area contributed by atoms with E-state index in [4.69, 9.17) is 0 Å². The van der Waals surface area contributed by atoms with E-state index in [9.17, 15) is 4.79 Å². The van der Waals surface area contributed by atoms with Crippen LogP contribution in [0.25, 0.3) is 0 Å². The lowest BCUT2D eigenvalue weighted by Gasteiger charge is -2.30. The Kier molecular flexibility index (Phi) is 3.88. The molecule has 1 atom stereocenters. The van der Waals surface area contributed by atoms with Crippen LogP contribution in [-0.2, 0) is 0 Å². The maximum Gasteiger partial charge on any atom is 0.191 e. The van der Waals surface area contributed by atoms with Crippen molar-refractivity contribution in [2.75, 3.05) is 25.1 Å². The van der Waals surface area contributed by atoms with Gasteiger partial charge in [0.25, 0.3) is 0 Å². The summed E-state index contributed by atoms with van der Waals surface area (Å²) < 4.78 is 0.932. The molecule has 1 saturated heterocycles. The number of thiophene rings is 1. The third kappa shape index (κ3) is 2.46. The normalized spacial score (nSPS) is 22.9. The lowest BCUT2D eigenvalue weighted by Crippen LogP contribution is -2.44. The molecule has 1 aromatic heterocycles. The van der Waals surface area contributed by atoms with Gasteiger partial charge in [0.2, 0.25) is 0 Å². The van der Waals surface area contributed by atoms with Gasteiger partial charge in [-0.1, -0.05) is 0 Å². The lowest BCUT2D eigenvalue weighted by molar-refractivity contribution is 0.0878. The second kappa shape index (κ2) is 4.99. The molecule has 0 aromatic carbocycles. The number of halogens is 1. The molecule has 5 heteroatoms. The summed E-state index contributed by atoms with van der Waals surface area (Å²) in [5.41, 5.74) is 0. The Morgan fingerprint density at radius 1 is 1.67 bits per heavy atom. The number of rotatable bonds is 2. The molecule has 1 unspecified atom stereocenters. The van der Waals surface area contributed by atoms with Crippen LogP contribution in [0.3, 0.4) is 0 Å². The molecule has 15 heavy (non-hydrogen) atoms. The second-order valence-electron chi connectivity index (χ2n) is 3.53. The summed E-state index contributed by atoms with van der Waals surface area (Å²) in [5, 5.41) is 1.95. The van der Waals surface area contributed by atoms with Crippen molar-refractivity contribution in [3.8, 4) is 0 Å². The minimum absolute atomic E-state index is 0.0544. The fraction of sp³-hybridized carbons (Fsp3) is 0.500. The monoisotopic (exact) mass is 305 g/mol. The highest BCUT2D eigenvalue weighted by Crippen LogP contribution is 2.27. The molecule has 1 aromatic rings. The van der Waals surface area contributed by atoms with Crippen molar-refractivity contribution in [1.29, 1.82) is 0 Å². The number of carbonyl (C=O) groups excluding carboxylic acids is 1. The Bertz CT molecular complexity index is 366. The first-order valence-electron chi connectivity index (χ1n) is 4.75. The number of nitrogens with zero attached hydrogens (tertiary/aromatic N) is 1. The van der Waals surface area contributed by atoms with E-state index in [0.717, 1.165) is 27.4 Å². The average molecular weight is 306 g/mol. The highest BCUT2D eigenvalue weighted by atomic mass is 79.9. The van der Waals surface area contributed by atoms with Crippen molar-refractivity contribution in [1.82, 2.24) is 4.90 Å². The number of hydrogen-bond donors (Lipinski definition) is 0. The minimum Gasteiger partial charge on any atom is -0.295 e. The molecule has 2 heterocycles. The van der Waals surface area contributed by atoms with Gasteiger partial charge in [0.15, 0.2) is 5.78 Å². The zero-order valence-corrected chi connectivity index (χ0v) is 11.6. The number of likely N-dealkylation sites (N-methyl/N-ethyl adjacent to an activating group) is 1. The van der Waals surface area contributed by atoms with E-state index >= 15 is 0 Å². The van der Waals surface area contributed by atoms with Crippen LogP contribution in [0, 0.1) is 0 Å². The molecule has 2 rings (SSSR count). The van der Waals surface area contributed by atoms with Gasteiger partial charge in [0.1, 0.15) is 0 Å². The van der Waals surface area contributed by atoms with E-state index in [2.05, 4.69) is 20.8 Å². The zero-order valence-electron chi connectivity index (χ0n) is 8.40. The van der Waals surface area contributed by atoms with Crippen LogP contribution in [0.2, 0.25) is 0 Å². The molecule has 0 bridgehead atoms. The van der Waals surface area contributed by atoms with Gasteiger partial charge >= 0.3 is 0 Å². The molecule has 2 nitrogen and oxygen atoms in total. The standard InChI is InChI=1S/C10H12BrNOS2/c1-12-3-5-14-6-8(12)9(13)10-7(11)2-4-15-10/h2,4,8H,3,5-6H2,1H3. The first kappa shape index (κ1) is 11.6. The van der Waals surface area contributed by atoms with Crippen molar-refractivity contribution < 1.29 is 4.79 Å². The van der Waals surface area contributed by atoms with Crippen LogP contribution in [0.4, 0.5) is 0 Å². The Morgan fingerprint density at radius 3 is 3.07 bits per heavy atom. The predicted octanol–water partition coefficient (Wildman–Crippen LogP) is 2.74. The Hall–Kier alpha value is 0.160. The van der Waals surface area contributed by atoms with Crippen LogP contribution in [-0.4, -0.2) is 41.8 Å². The molecule has 0 radical (unpaired) electrons. The fourth-order valence-electron chi connectivity index (χ4n) is 1.58. The van der Waals surface area contributed by atoms with Gasteiger partial charge in [-0.15, -0.1) is 11.3 Å². The molecule has 1 aliphatic heterocycles. The van der Waals surface area contributed by atoms with Gasteiger partial charge in [0, 0.05) is 22.5 Å². The summed E-state index contributed by atoms with van der Waals surface area (Å²) in [6, 6.07) is 1.99. The zero-order chi connectivity index (χ0) is 10.8. The molecule has 82 valence electrons. The van der Waals surface area contributed by atoms with Crippen molar-refractivity contribution in [2.24, 2.45) is 0 Å². The predicted molar refractivity (Wildman–Crippen MR) is 70.1 cm³/mol. The Balaban J connectivity index is 2.17. The summed E-state index contributed by atoms with van der Waals surface area (Å²) in [5.74, 6) is 2.30. The highest BCUT2D eigenvalue weighted by molar-refractivity contribution is 9.10. The van der Waals surface area contributed by atoms with Crippen LogP contribution < -0.4 is 0 Å². The molecule has 0 amide bonds. The SMILES string of the molecule is CN1CCSCC1C(=O)c1sccc1Br. The molecule has 1 fully saturated rings. The summed E-state index contributed by atoms with van der Waals surface area (Å²) >= 11 is 6.80. The van der Waals surface area contributed by atoms with Crippen LogP contribution in [0.5, 0.6) is 0 Å². The number of ketones is 1. The summed E-state index contributed by atoms with van der Waals surface area (Å²) in [4.78, 5) is 15.2. The quantitative estimate of drug-likeness (QED) is 0.784. The van der Waals surface area contributed by atoms with Crippen LogP contribution in [0.1, 0.15) is 9.67 Å². The first-order chi connectivity index (χ1) is 7.20. The third-order valence-electron chi connectivity index (χ3n) is 2.54. The van der Waals surface area contributed by atoms with Gasteiger partial charge < -0.3 is 0 Å². The number of hydrogen-bond acceptors (Lipinski definition) is 4. The molecule has 1 aliphatic rings. The maximum absolute atomic E-state index is 12.2. The Morgan fingerprint density at radius 2 is 2.47 bits per heavy atom. The Labute approximate surface area is 106 Å². The van der Waals surface area contributed by atoms with Crippen molar-refractivity contribution in [2.45, 2.75) is 6.04 Å². The van der Waals surface area contributed by atoms with E-state index < -0.39 is 0 Å². The van der Waals surface area contributed by atoms with Gasteiger partial charge in [-0.25, -0.2) is 0 Å². The van der Waals surface area contributed by atoms with E-state index in [-0.39, 0.29) is 11.8 Å². The van der Waals surface area contributed by atoms with E-state index in [0.29, 0.717) is 0 Å². The first-order valence-corrected chi connectivity index (χ1v) is 7.58. The van der Waals surface area contributed by atoms with Crippen molar-refractivity contribution in [3.63, 3.8) is 0 Å². The summed E-state index contributed by atoms with van der Waals surface area (Å²) in [7, 11) is 2.03. The summed E-state index contributed by atoms with van der Waals surface area (Å²) in [6.45, 7) is 1.00. The molecular formula is C10H12BrNOS2. The minimum atomic E-state index is 0.0544. The smallest absolute Gasteiger partial charge is 0.191 e. The number of Topliss-reactive ketones (excluding diaryl/α,β-unsaturated/α-hetero) is 1.